The van der Waals surface area contributed by atoms with E-state index < -0.39 is 0 Å². The molecule has 0 saturated carbocycles. The van der Waals surface area contributed by atoms with Gasteiger partial charge in [0.1, 0.15) is 11.6 Å². The topological polar surface area (TPSA) is 52.0 Å². The first-order chi connectivity index (χ1) is 9.60. The second-order valence-corrected chi connectivity index (χ2v) is 5.36. The average molecular weight is 339 g/mol. The van der Waals surface area contributed by atoms with Crippen LogP contribution in [0, 0.1) is 6.92 Å². The summed E-state index contributed by atoms with van der Waals surface area (Å²) < 4.78 is 7.73. The first-order valence-corrected chi connectivity index (χ1v) is 7.29. The van der Waals surface area contributed by atoms with Crippen molar-refractivity contribution in [1.82, 2.24) is 20.1 Å². The highest BCUT2D eigenvalue weighted by atomic mass is 79.9. The van der Waals surface area contributed by atoms with Crippen molar-refractivity contribution in [3.05, 3.63) is 39.9 Å². The van der Waals surface area contributed by atoms with E-state index in [1.165, 1.54) is 5.56 Å². The number of benzene rings is 1. The van der Waals surface area contributed by atoms with E-state index in [1.807, 2.05) is 14.0 Å². The van der Waals surface area contributed by atoms with Gasteiger partial charge in [-0.25, -0.2) is 4.98 Å². The fourth-order valence-electron chi connectivity index (χ4n) is 1.99. The number of rotatable bonds is 6. The summed E-state index contributed by atoms with van der Waals surface area (Å²) in [5.41, 5.74) is 2.42. The maximum Gasteiger partial charge on any atom is 0.217 e. The predicted molar refractivity (Wildman–Crippen MR) is 81.8 cm³/mol. The van der Waals surface area contributed by atoms with E-state index in [0.29, 0.717) is 11.3 Å². The van der Waals surface area contributed by atoms with E-state index in [4.69, 9.17) is 4.74 Å². The molecule has 0 bridgehead atoms. The van der Waals surface area contributed by atoms with Crippen LogP contribution in [0.25, 0.3) is 0 Å². The van der Waals surface area contributed by atoms with Crippen LogP contribution < -0.4 is 10.1 Å². The first kappa shape index (κ1) is 15.0. The van der Waals surface area contributed by atoms with Gasteiger partial charge in [-0.3, -0.25) is 4.68 Å². The molecule has 0 unspecified atom stereocenters. The Labute approximate surface area is 127 Å². The van der Waals surface area contributed by atoms with Crippen molar-refractivity contribution in [2.24, 2.45) is 7.05 Å². The molecule has 1 aromatic heterocycles. The number of halogens is 1. The minimum absolute atomic E-state index is 0.625. The van der Waals surface area contributed by atoms with Gasteiger partial charge in [0.2, 0.25) is 4.73 Å². The number of aryl methyl sites for hydroxylation is 2. The normalized spacial score (nSPS) is 10.8. The van der Waals surface area contributed by atoms with Crippen molar-refractivity contribution in [3.63, 3.8) is 0 Å². The monoisotopic (exact) mass is 338 g/mol. The van der Waals surface area contributed by atoms with Gasteiger partial charge in [-0.2, -0.15) is 0 Å². The molecular weight excluding hydrogens is 320 g/mol. The summed E-state index contributed by atoms with van der Waals surface area (Å²) in [6, 6.07) is 6.32. The summed E-state index contributed by atoms with van der Waals surface area (Å²) in [4.78, 5) is 4.28. The molecule has 0 aliphatic carbocycles. The molecule has 0 amide bonds. The molecule has 0 aliphatic rings. The van der Waals surface area contributed by atoms with Gasteiger partial charge in [0, 0.05) is 7.05 Å². The Kier molecular flexibility index (Phi) is 5.14. The molecule has 0 spiro atoms. The van der Waals surface area contributed by atoms with Crippen molar-refractivity contribution in [3.8, 4) is 5.75 Å². The zero-order valence-corrected chi connectivity index (χ0v) is 13.6. The zero-order valence-electron chi connectivity index (χ0n) is 12.0. The largest absolute Gasteiger partial charge is 0.496 e. The van der Waals surface area contributed by atoms with Crippen molar-refractivity contribution < 1.29 is 4.74 Å². The standard InChI is InChI=1S/C14H19BrN4O/c1-10-4-5-11(8-12(10)20-3)6-7-16-9-13-17-14(15)18-19(13)2/h4-5,8,16H,6-7,9H2,1-3H3. The predicted octanol–water partition coefficient (Wildman–Crippen LogP) is 2.23. The van der Waals surface area contributed by atoms with Crippen LogP contribution in [0.15, 0.2) is 22.9 Å². The molecule has 6 heteroatoms. The van der Waals surface area contributed by atoms with Gasteiger partial charge in [0.25, 0.3) is 0 Å². The smallest absolute Gasteiger partial charge is 0.217 e. The number of hydrogen-bond donors (Lipinski definition) is 1. The Morgan fingerprint density at radius 1 is 1.40 bits per heavy atom. The third kappa shape index (κ3) is 3.80. The zero-order chi connectivity index (χ0) is 14.5. The lowest BCUT2D eigenvalue weighted by Crippen LogP contribution is -2.19. The van der Waals surface area contributed by atoms with Crippen molar-refractivity contribution in [1.29, 1.82) is 0 Å². The highest BCUT2D eigenvalue weighted by Gasteiger charge is 2.04. The number of ether oxygens (including phenoxy) is 1. The van der Waals surface area contributed by atoms with Gasteiger partial charge >= 0.3 is 0 Å². The summed E-state index contributed by atoms with van der Waals surface area (Å²) >= 11 is 3.27. The quantitative estimate of drug-likeness (QED) is 0.820. The van der Waals surface area contributed by atoms with E-state index in [-0.39, 0.29) is 0 Å². The fourth-order valence-corrected chi connectivity index (χ4v) is 2.43. The highest BCUT2D eigenvalue weighted by Crippen LogP contribution is 2.19. The number of hydrogen-bond acceptors (Lipinski definition) is 4. The summed E-state index contributed by atoms with van der Waals surface area (Å²) in [6.07, 6.45) is 0.954. The number of methoxy groups -OCH3 is 1. The van der Waals surface area contributed by atoms with Crippen LogP contribution in [0.1, 0.15) is 17.0 Å². The Hall–Kier alpha value is -1.40. The lowest BCUT2D eigenvalue weighted by Gasteiger charge is -2.08. The van der Waals surface area contributed by atoms with E-state index in [2.05, 4.69) is 49.5 Å². The highest BCUT2D eigenvalue weighted by molar-refractivity contribution is 9.10. The molecule has 108 valence electrons. The Bertz CT molecular complexity index is 583. The van der Waals surface area contributed by atoms with Gasteiger partial charge in [-0.15, -0.1) is 5.10 Å². The van der Waals surface area contributed by atoms with Crippen LogP contribution >= 0.6 is 15.9 Å². The molecule has 1 aromatic carbocycles. The number of nitrogens with zero attached hydrogens (tertiary/aromatic N) is 3. The molecule has 5 nitrogen and oxygen atoms in total. The molecule has 0 radical (unpaired) electrons. The molecule has 2 rings (SSSR count). The summed E-state index contributed by atoms with van der Waals surface area (Å²) in [5.74, 6) is 1.86. The number of aromatic nitrogens is 3. The molecule has 0 fully saturated rings. The van der Waals surface area contributed by atoms with Crippen molar-refractivity contribution in [2.45, 2.75) is 19.9 Å². The summed E-state index contributed by atoms with van der Waals surface area (Å²) in [5, 5.41) is 7.52. The summed E-state index contributed by atoms with van der Waals surface area (Å²) in [6.45, 7) is 3.64. The van der Waals surface area contributed by atoms with Crippen LogP contribution in [0.5, 0.6) is 5.75 Å². The van der Waals surface area contributed by atoms with Gasteiger partial charge in [0.15, 0.2) is 0 Å². The molecular formula is C14H19BrN4O. The van der Waals surface area contributed by atoms with Crippen LogP contribution in [-0.4, -0.2) is 28.4 Å². The lowest BCUT2D eigenvalue weighted by atomic mass is 10.1. The second kappa shape index (κ2) is 6.85. The second-order valence-electron chi connectivity index (χ2n) is 4.65. The minimum atomic E-state index is 0.625. The van der Waals surface area contributed by atoms with E-state index in [9.17, 15) is 0 Å². The third-order valence-electron chi connectivity index (χ3n) is 3.17. The maximum atomic E-state index is 5.33. The third-order valence-corrected chi connectivity index (χ3v) is 3.51. The van der Waals surface area contributed by atoms with E-state index in [1.54, 1.807) is 11.8 Å². The molecule has 1 N–H and O–H groups in total. The Balaban J connectivity index is 1.83. The van der Waals surface area contributed by atoms with Crippen LogP contribution in [0.4, 0.5) is 0 Å². The maximum absolute atomic E-state index is 5.33. The molecule has 2 aromatic rings. The van der Waals surface area contributed by atoms with Crippen LogP contribution in [-0.2, 0) is 20.0 Å². The van der Waals surface area contributed by atoms with Gasteiger partial charge in [0.05, 0.1) is 13.7 Å². The van der Waals surface area contributed by atoms with Gasteiger partial charge in [-0.05, 0) is 53.0 Å². The average Bonchev–Trinajstić information content (AvgIpc) is 2.75. The van der Waals surface area contributed by atoms with E-state index >= 15 is 0 Å². The molecule has 1 heterocycles. The number of nitrogens with one attached hydrogen (secondary N) is 1. The lowest BCUT2D eigenvalue weighted by molar-refractivity contribution is 0.411. The van der Waals surface area contributed by atoms with Gasteiger partial charge < -0.3 is 10.1 Å². The summed E-state index contributed by atoms with van der Waals surface area (Å²) in [7, 11) is 3.59. The Morgan fingerprint density at radius 2 is 2.20 bits per heavy atom. The first-order valence-electron chi connectivity index (χ1n) is 6.50. The molecule has 0 atom stereocenters. The van der Waals surface area contributed by atoms with Crippen molar-refractivity contribution >= 4 is 15.9 Å². The van der Waals surface area contributed by atoms with Gasteiger partial charge in [-0.1, -0.05) is 12.1 Å². The van der Waals surface area contributed by atoms with Crippen LogP contribution in [0.3, 0.4) is 0 Å². The fraction of sp³-hybridized carbons (Fsp3) is 0.429. The molecule has 0 aliphatic heterocycles. The van der Waals surface area contributed by atoms with Crippen LogP contribution in [0.2, 0.25) is 0 Å². The Morgan fingerprint density at radius 3 is 2.85 bits per heavy atom. The minimum Gasteiger partial charge on any atom is -0.496 e. The molecule has 0 saturated heterocycles. The SMILES string of the molecule is COc1cc(CCNCc2nc(Br)nn2C)ccc1C. The van der Waals surface area contributed by atoms with Crippen molar-refractivity contribution in [2.75, 3.05) is 13.7 Å². The molecule has 20 heavy (non-hydrogen) atoms. The van der Waals surface area contributed by atoms with E-state index in [0.717, 1.165) is 30.1 Å².